The maximum Gasteiger partial charge on any atom is 0.121 e. The summed E-state index contributed by atoms with van der Waals surface area (Å²) in [5, 5.41) is 0.758. The molecule has 4 rings (SSSR count). The molecule has 1 aliphatic rings. The van der Waals surface area contributed by atoms with Crippen molar-refractivity contribution < 1.29 is 9.47 Å². The largest absolute Gasteiger partial charge is 0.493 e. The molecule has 0 saturated heterocycles. The van der Waals surface area contributed by atoms with Crippen molar-refractivity contribution in [1.82, 2.24) is 9.80 Å². The Hall–Kier alpha value is -2.93. The smallest absolute Gasteiger partial charge is 0.121 e. The fourth-order valence-corrected chi connectivity index (χ4v) is 5.01. The minimum atomic E-state index is 0.629. The zero-order valence-corrected chi connectivity index (χ0v) is 24.7. The molecule has 39 heavy (non-hydrogen) atoms. The van der Waals surface area contributed by atoms with Crippen molar-refractivity contribution in [2.45, 2.75) is 26.7 Å². The van der Waals surface area contributed by atoms with E-state index < -0.39 is 0 Å². The van der Waals surface area contributed by atoms with Gasteiger partial charge in [-0.25, -0.2) is 0 Å². The first kappa shape index (κ1) is 29.1. The van der Waals surface area contributed by atoms with Crippen LogP contribution in [0.1, 0.15) is 25.8 Å². The summed E-state index contributed by atoms with van der Waals surface area (Å²) in [4.78, 5) is 9.47. The molecule has 0 unspecified atom stereocenters. The summed E-state index contributed by atoms with van der Waals surface area (Å²) in [5.41, 5.74) is 4.83. The Kier molecular flexibility index (Phi) is 10.8. The highest BCUT2D eigenvalue weighted by Gasteiger charge is 2.27. The van der Waals surface area contributed by atoms with Crippen molar-refractivity contribution in [3.63, 3.8) is 0 Å². The van der Waals surface area contributed by atoms with Crippen LogP contribution >= 0.6 is 11.6 Å². The number of rotatable bonds is 15. The lowest BCUT2D eigenvalue weighted by atomic mass is 10.2. The maximum atomic E-state index is 6.17. The number of ether oxygens (including phenoxy) is 2. The molecular weight excluding hydrogens is 508 g/mol. The second-order valence-corrected chi connectivity index (χ2v) is 10.7. The van der Waals surface area contributed by atoms with Crippen LogP contribution in [0.4, 0.5) is 17.1 Å². The molecule has 0 aliphatic carbocycles. The van der Waals surface area contributed by atoms with E-state index in [1.54, 1.807) is 0 Å². The van der Waals surface area contributed by atoms with E-state index in [9.17, 15) is 0 Å². The Morgan fingerprint density at radius 1 is 0.795 bits per heavy atom. The zero-order chi connectivity index (χ0) is 27.6. The number of halogens is 1. The molecule has 0 atom stereocenters. The van der Waals surface area contributed by atoms with E-state index >= 15 is 0 Å². The molecule has 6 nitrogen and oxygen atoms in total. The fraction of sp³-hybridized carbons (Fsp3) is 0.438. The number of nitrogens with zero attached hydrogens (tertiary/aromatic N) is 4. The van der Waals surface area contributed by atoms with Crippen LogP contribution in [0.2, 0.25) is 5.02 Å². The highest BCUT2D eigenvalue weighted by Crippen LogP contribution is 2.43. The molecule has 0 amide bonds. The van der Waals surface area contributed by atoms with Gasteiger partial charge in [0.2, 0.25) is 0 Å². The number of benzene rings is 3. The minimum Gasteiger partial charge on any atom is -0.493 e. The molecule has 7 heteroatoms. The molecule has 210 valence electrons. The van der Waals surface area contributed by atoms with Crippen molar-refractivity contribution in [2.75, 3.05) is 76.5 Å². The average Bonchev–Trinajstić information content (AvgIpc) is 3.30. The molecule has 0 radical (unpaired) electrons. The van der Waals surface area contributed by atoms with E-state index in [1.807, 2.05) is 24.3 Å². The number of hydrogen-bond acceptors (Lipinski definition) is 6. The Morgan fingerprint density at radius 3 is 2.18 bits per heavy atom. The molecule has 0 N–H and O–H groups in total. The van der Waals surface area contributed by atoms with Gasteiger partial charge in [0.1, 0.15) is 18.1 Å². The molecule has 3 aromatic rings. The average molecular weight is 551 g/mol. The molecule has 3 aromatic carbocycles. The standard InChI is InChI=1S/C32H43ClN4O2/c1-5-35(6-2)21-23-39-30-16-17-31-32(24-30)36(20-7-19-34(3)4)25-37(31)28-12-14-29(15-13-28)38-22-18-26-8-10-27(33)11-9-26/h8-17,24H,5-7,18-23,25H2,1-4H3. The Bertz CT molecular complexity index is 1150. The van der Waals surface area contributed by atoms with Gasteiger partial charge in [-0.2, -0.15) is 0 Å². The van der Waals surface area contributed by atoms with E-state index in [1.165, 1.54) is 16.9 Å². The van der Waals surface area contributed by atoms with Gasteiger partial charge in [-0.1, -0.05) is 37.6 Å². The van der Waals surface area contributed by atoms with Gasteiger partial charge in [-0.05, 0) is 94.2 Å². The molecule has 0 saturated carbocycles. The first-order valence-corrected chi connectivity index (χ1v) is 14.5. The Morgan fingerprint density at radius 2 is 1.49 bits per heavy atom. The van der Waals surface area contributed by atoms with Crippen molar-refractivity contribution in [1.29, 1.82) is 0 Å². The molecule has 0 bridgehead atoms. The van der Waals surface area contributed by atoms with Gasteiger partial charge in [0.05, 0.1) is 24.7 Å². The lowest BCUT2D eigenvalue weighted by Crippen LogP contribution is -2.30. The second-order valence-electron chi connectivity index (χ2n) is 10.2. The quantitative estimate of drug-likeness (QED) is 0.213. The van der Waals surface area contributed by atoms with E-state index in [0.717, 1.165) is 74.4 Å². The van der Waals surface area contributed by atoms with Crippen molar-refractivity contribution in [3.05, 3.63) is 77.3 Å². The molecule has 1 aliphatic heterocycles. The van der Waals surface area contributed by atoms with Gasteiger partial charge in [0.15, 0.2) is 0 Å². The van der Waals surface area contributed by atoms with Crippen LogP contribution in [0, 0.1) is 0 Å². The van der Waals surface area contributed by atoms with Gasteiger partial charge < -0.3 is 29.1 Å². The number of likely N-dealkylation sites (N-methyl/N-ethyl adjacent to an activating group) is 1. The molecule has 0 spiro atoms. The topological polar surface area (TPSA) is 31.4 Å². The normalized spacial score (nSPS) is 12.9. The van der Waals surface area contributed by atoms with Crippen LogP contribution in [0.25, 0.3) is 0 Å². The van der Waals surface area contributed by atoms with Gasteiger partial charge in [-0.3, -0.25) is 0 Å². The van der Waals surface area contributed by atoms with Crippen LogP contribution in [-0.2, 0) is 6.42 Å². The van der Waals surface area contributed by atoms with Crippen LogP contribution < -0.4 is 19.3 Å². The number of hydrogen-bond donors (Lipinski definition) is 0. The number of anilines is 3. The Labute approximate surface area is 239 Å². The maximum absolute atomic E-state index is 6.17. The van der Waals surface area contributed by atoms with Crippen LogP contribution in [0.5, 0.6) is 11.5 Å². The summed E-state index contributed by atoms with van der Waals surface area (Å²) < 4.78 is 12.2. The van der Waals surface area contributed by atoms with Gasteiger partial charge in [-0.15, -0.1) is 0 Å². The van der Waals surface area contributed by atoms with Crippen molar-refractivity contribution in [2.24, 2.45) is 0 Å². The van der Waals surface area contributed by atoms with Crippen LogP contribution in [0.15, 0.2) is 66.7 Å². The SMILES string of the molecule is CCN(CC)CCOc1ccc2c(c1)N(CCCN(C)C)CN2c1ccc(OCCc2ccc(Cl)cc2)cc1. The summed E-state index contributed by atoms with van der Waals surface area (Å²) in [6.07, 6.45) is 1.95. The first-order chi connectivity index (χ1) is 19.0. The van der Waals surface area contributed by atoms with E-state index in [-0.39, 0.29) is 0 Å². The highest BCUT2D eigenvalue weighted by atomic mass is 35.5. The zero-order valence-electron chi connectivity index (χ0n) is 23.9. The summed E-state index contributed by atoms with van der Waals surface area (Å²) in [5.74, 6) is 1.82. The lowest BCUT2D eigenvalue weighted by molar-refractivity contribution is 0.223. The third-order valence-corrected chi connectivity index (χ3v) is 7.47. The molecule has 1 heterocycles. The van der Waals surface area contributed by atoms with Gasteiger partial charge in [0, 0.05) is 36.3 Å². The molecular formula is C32H43ClN4O2. The third-order valence-electron chi connectivity index (χ3n) is 7.22. The summed E-state index contributed by atoms with van der Waals surface area (Å²) in [6.45, 7) is 11.6. The van der Waals surface area contributed by atoms with E-state index in [4.69, 9.17) is 21.1 Å². The highest BCUT2D eigenvalue weighted by molar-refractivity contribution is 6.30. The predicted molar refractivity (Wildman–Crippen MR) is 164 cm³/mol. The lowest BCUT2D eigenvalue weighted by Gasteiger charge is -2.23. The number of fused-ring (bicyclic) bond motifs is 1. The van der Waals surface area contributed by atoms with Gasteiger partial charge in [0.25, 0.3) is 0 Å². The summed E-state index contributed by atoms with van der Waals surface area (Å²) in [7, 11) is 4.26. The predicted octanol–water partition coefficient (Wildman–Crippen LogP) is 6.55. The van der Waals surface area contributed by atoms with Crippen molar-refractivity contribution in [3.8, 4) is 11.5 Å². The van der Waals surface area contributed by atoms with Crippen LogP contribution in [-0.4, -0.2) is 76.5 Å². The fourth-order valence-electron chi connectivity index (χ4n) is 4.88. The molecule has 0 aromatic heterocycles. The third kappa shape index (κ3) is 8.28. The van der Waals surface area contributed by atoms with Crippen molar-refractivity contribution >= 4 is 28.7 Å². The Balaban J connectivity index is 1.41. The second kappa shape index (κ2) is 14.5. The van der Waals surface area contributed by atoms with E-state index in [2.05, 4.69) is 90.0 Å². The monoisotopic (exact) mass is 550 g/mol. The van der Waals surface area contributed by atoms with Gasteiger partial charge >= 0.3 is 0 Å². The molecule has 0 fully saturated rings. The van der Waals surface area contributed by atoms with E-state index in [0.29, 0.717) is 13.2 Å². The summed E-state index contributed by atoms with van der Waals surface area (Å²) >= 11 is 5.99. The minimum absolute atomic E-state index is 0.629. The van der Waals surface area contributed by atoms with Crippen LogP contribution in [0.3, 0.4) is 0 Å². The first-order valence-electron chi connectivity index (χ1n) is 14.1. The summed E-state index contributed by atoms with van der Waals surface area (Å²) in [6, 6.07) is 22.9.